The summed E-state index contributed by atoms with van der Waals surface area (Å²) in [6.45, 7) is 1.63. The van der Waals surface area contributed by atoms with E-state index in [1.165, 1.54) is 5.56 Å². The average Bonchev–Trinajstić information content (AvgIpc) is 3.02. The molecule has 24 heavy (non-hydrogen) atoms. The third kappa shape index (κ3) is 3.72. The maximum absolute atomic E-state index is 5.25. The van der Waals surface area contributed by atoms with Crippen LogP contribution in [0.3, 0.4) is 0 Å². The SMILES string of the molecule is COc1ccc(C(CN(C)C)NCc2c[nH]c3nccnc23)cc1. The van der Waals surface area contributed by atoms with Gasteiger partial charge in [-0.2, -0.15) is 0 Å². The predicted molar refractivity (Wildman–Crippen MR) is 95.0 cm³/mol. The molecule has 0 saturated heterocycles. The second-order valence-electron chi connectivity index (χ2n) is 6.04. The van der Waals surface area contributed by atoms with Crippen LogP contribution < -0.4 is 10.1 Å². The number of rotatable bonds is 7. The molecule has 3 rings (SSSR count). The molecule has 1 unspecified atom stereocenters. The van der Waals surface area contributed by atoms with Crippen LogP contribution in [0.2, 0.25) is 0 Å². The molecule has 6 nitrogen and oxygen atoms in total. The first-order valence-electron chi connectivity index (χ1n) is 7.96. The van der Waals surface area contributed by atoms with E-state index in [0.717, 1.165) is 35.6 Å². The smallest absolute Gasteiger partial charge is 0.156 e. The molecule has 0 bridgehead atoms. The quantitative estimate of drug-likeness (QED) is 0.698. The van der Waals surface area contributed by atoms with Crippen molar-refractivity contribution in [3.05, 3.63) is 54.0 Å². The number of benzene rings is 1. The lowest BCUT2D eigenvalue weighted by atomic mass is 10.1. The summed E-state index contributed by atoms with van der Waals surface area (Å²) in [4.78, 5) is 14.0. The first-order chi connectivity index (χ1) is 11.7. The monoisotopic (exact) mass is 325 g/mol. The van der Waals surface area contributed by atoms with E-state index in [2.05, 4.69) is 51.4 Å². The second kappa shape index (κ2) is 7.42. The fourth-order valence-corrected chi connectivity index (χ4v) is 2.76. The highest BCUT2D eigenvalue weighted by Gasteiger charge is 2.14. The Balaban J connectivity index is 1.76. The van der Waals surface area contributed by atoms with E-state index in [9.17, 15) is 0 Å². The molecule has 2 N–H and O–H groups in total. The minimum absolute atomic E-state index is 0.215. The zero-order chi connectivity index (χ0) is 16.9. The fraction of sp³-hybridized carbons (Fsp3) is 0.333. The van der Waals surface area contributed by atoms with E-state index in [-0.39, 0.29) is 6.04 Å². The molecule has 0 spiro atoms. The molecule has 0 fully saturated rings. The van der Waals surface area contributed by atoms with Crippen molar-refractivity contribution in [3.8, 4) is 5.75 Å². The van der Waals surface area contributed by atoms with Gasteiger partial charge in [0.05, 0.1) is 7.11 Å². The van der Waals surface area contributed by atoms with E-state index in [0.29, 0.717) is 0 Å². The number of aromatic nitrogens is 3. The van der Waals surface area contributed by atoms with Crippen molar-refractivity contribution in [2.24, 2.45) is 0 Å². The molecule has 6 heteroatoms. The summed E-state index contributed by atoms with van der Waals surface area (Å²) in [5.41, 5.74) is 4.09. The van der Waals surface area contributed by atoms with Gasteiger partial charge in [0.2, 0.25) is 0 Å². The maximum atomic E-state index is 5.25. The summed E-state index contributed by atoms with van der Waals surface area (Å²) in [5.74, 6) is 0.870. The number of fused-ring (bicyclic) bond motifs is 1. The first-order valence-corrected chi connectivity index (χ1v) is 7.96. The van der Waals surface area contributed by atoms with Crippen LogP contribution in [0.4, 0.5) is 0 Å². The van der Waals surface area contributed by atoms with Crippen molar-refractivity contribution in [3.63, 3.8) is 0 Å². The Bertz CT molecular complexity index is 781. The minimum Gasteiger partial charge on any atom is -0.497 e. The number of aromatic amines is 1. The van der Waals surface area contributed by atoms with Crippen LogP contribution in [0.15, 0.2) is 42.9 Å². The van der Waals surface area contributed by atoms with Gasteiger partial charge in [-0.05, 0) is 31.8 Å². The zero-order valence-electron chi connectivity index (χ0n) is 14.3. The topological polar surface area (TPSA) is 66.1 Å². The summed E-state index contributed by atoms with van der Waals surface area (Å²) in [6.07, 6.45) is 5.39. The van der Waals surface area contributed by atoms with Gasteiger partial charge in [-0.3, -0.25) is 4.98 Å². The van der Waals surface area contributed by atoms with Gasteiger partial charge in [-0.25, -0.2) is 4.98 Å². The minimum atomic E-state index is 0.215. The molecular weight excluding hydrogens is 302 g/mol. The number of ether oxygens (including phenoxy) is 1. The number of methoxy groups -OCH3 is 1. The molecule has 0 aliphatic heterocycles. The molecule has 0 amide bonds. The molecule has 2 aromatic heterocycles. The lowest BCUT2D eigenvalue weighted by Gasteiger charge is -2.23. The first kappa shape index (κ1) is 16.4. The summed E-state index contributed by atoms with van der Waals surface area (Å²) in [5, 5.41) is 3.63. The van der Waals surface area contributed by atoms with Crippen molar-refractivity contribution in [1.82, 2.24) is 25.2 Å². The number of likely N-dealkylation sites (N-methyl/N-ethyl adjacent to an activating group) is 1. The maximum Gasteiger partial charge on any atom is 0.156 e. The normalized spacial score (nSPS) is 12.7. The molecule has 2 heterocycles. The van der Waals surface area contributed by atoms with Gasteiger partial charge in [0, 0.05) is 43.3 Å². The Morgan fingerprint density at radius 2 is 1.92 bits per heavy atom. The summed E-state index contributed by atoms with van der Waals surface area (Å²) in [6, 6.07) is 8.42. The molecule has 0 saturated carbocycles. The summed E-state index contributed by atoms with van der Waals surface area (Å²) >= 11 is 0. The summed E-state index contributed by atoms with van der Waals surface area (Å²) in [7, 11) is 5.84. The Kier molecular flexibility index (Phi) is 5.08. The summed E-state index contributed by atoms with van der Waals surface area (Å²) < 4.78 is 5.25. The van der Waals surface area contributed by atoms with E-state index in [1.807, 2.05) is 18.3 Å². The van der Waals surface area contributed by atoms with Crippen LogP contribution in [0.25, 0.3) is 11.2 Å². The average molecular weight is 325 g/mol. The largest absolute Gasteiger partial charge is 0.497 e. The third-order valence-corrected chi connectivity index (χ3v) is 3.99. The van der Waals surface area contributed by atoms with E-state index >= 15 is 0 Å². The van der Waals surface area contributed by atoms with Crippen LogP contribution in [-0.4, -0.2) is 47.6 Å². The fourth-order valence-electron chi connectivity index (χ4n) is 2.76. The Morgan fingerprint density at radius 1 is 1.17 bits per heavy atom. The van der Waals surface area contributed by atoms with Crippen LogP contribution in [0.1, 0.15) is 17.2 Å². The number of nitrogens with one attached hydrogen (secondary N) is 2. The number of H-pyrrole nitrogens is 1. The van der Waals surface area contributed by atoms with Crippen LogP contribution in [-0.2, 0) is 6.54 Å². The molecule has 1 atom stereocenters. The van der Waals surface area contributed by atoms with Gasteiger partial charge < -0.3 is 19.9 Å². The van der Waals surface area contributed by atoms with Crippen LogP contribution >= 0.6 is 0 Å². The van der Waals surface area contributed by atoms with Crippen LogP contribution in [0.5, 0.6) is 5.75 Å². The Labute approximate surface area is 141 Å². The molecule has 3 aromatic rings. The van der Waals surface area contributed by atoms with Gasteiger partial charge in [0.1, 0.15) is 11.3 Å². The van der Waals surface area contributed by atoms with Crippen molar-refractivity contribution < 1.29 is 4.74 Å². The lowest BCUT2D eigenvalue weighted by Crippen LogP contribution is -2.30. The molecule has 0 radical (unpaired) electrons. The van der Waals surface area contributed by atoms with Gasteiger partial charge in [0.15, 0.2) is 5.65 Å². The molecule has 1 aromatic carbocycles. The van der Waals surface area contributed by atoms with Gasteiger partial charge in [-0.15, -0.1) is 0 Å². The van der Waals surface area contributed by atoms with Crippen molar-refractivity contribution in [2.45, 2.75) is 12.6 Å². The van der Waals surface area contributed by atoms with Crippen molar-refractivity contribution >= 4 is 11.2 Å². The highest BCUT2D eigenvalue weighted by Crippen LogP contribution is 2.20. The Morgan fingerprint density at radius 3 is 2.62 bits per heavy atom. The van der Waals surface area contributed by atoms with Crippen LogP contribution in [0, 0.1) is 0 Å². The van der Waals surface area contributed by atoms with Gasteiger partial charge >= 0.3 is 0 Å². The Hall–Kier alpha value is -2.44. The van der Waals surface area contributed by atoms with E-state index in [1.54, 1.807) is 19.5 Å². The number of hydrogen-bond donors (Lipinski definition) is 2. The molecule has 0 aliphatic rings. The van der Waals surface area contributed by atoms with Crippen molar-refractivity contribution in [1.29, 1.82) is 0 Å². The molecule has 126 valence electrons. The van der Waals surface area contributed by atoms with E-state index < -0.39 is 0 Å². The van der Waals surface area contributed by atoms with E-state index in [4.69, 9.17) is 4.74 Å². The van der Waals surface area contributed by atoms with Gasteiger partial charge in [0.25, 0.3) is 0 Å². The third-order valence-electron chi connectivity index (χ3n) is 3.99. The highest BCUT2D eigenvalue weighted by molar-refractivity contribution is 5.74. The molecule has 0 aliphatic carbocycles. The highest BCUT2D eigenvalue weighted by atomic mass is 16.5. The predicted octanol–water partition coefficient (Wildman–Crippen LogP) is 2.36. The second-order valence-corrected chi connectivity index (χ2v) is 6.04. The van der Waals surface area contributed by atoms with Gasteiger partial charge in [-0.1, -0.05) is 12.1 Å². The zero-order valence-corrected chi connectivity index (χ0v) is 14.3. The molecular formula is C18H23N5O. The lowest BCUT2D eigenvalue weighted by molar-refractivity contribution is 0.340. The standard InChI is InChI=1S/C18H23N5O/c1-23(2)12-16(13-4-6-15(24-3)7-5-13)21-10-14-11-22-18-17(14)19-8-9-20-18/h4-9,11,16,21H,10,12H2,1-3H3,(H,20,22). The number of nitrogens with zero attached hydrogens (tertiary/aromatic N) is 3. The van der Waals surface area contributed by atoms with Crippen molar-refractivity contribution in [2.75, 3.05) is 27.7 Å². The number of hydrogen-bond acceptors (Lipinski definition) is 5.